The molecule has 0 aliphatic heterocycles. The van der Waals surface area contributed by atoms with Crippen LogP contribution in [0.1, 0.15) is 13.8 Å². The lowest BCUT2D eigenvalue weighted by Crippen LogP contribution is -1.90. The fourth-order valence-corrected chi connectivity index (χ4v) is 0.546. The van der Waals surface area contributed by atoms with Crippen LogP contribution < -0.4 is 0 Å². The second kappa shape index (κ2) is 10.7. The van der Waals surface area contributed by atoms with Crippen molar-refractivity contribution in [2.75, 3.05) is 18.7 Å². The summed E-state index contributed by atoms with van der Waals surface area (Å²) in [5, 5.41) is 0. The van der Waals surface area contributed by atoms with Crippen LogP contribution in [0.4, 0.5) is 0 Å². The zero-order valence-corrected chi connectivity index (χ0v) is 6.31. The molecule has 0 aliphatic carbocycles. The lowest BCUT2D eigenvalue weighted by Gasteiger charge is -1.94. The van der Waals surface area contributed by atoms with Gasteiger partial charge in [-0.15, -0.1) is 9.24 Å². The van der Waals surface area contributed by atoms with Crippen molar-refractivity contribution in [2.24, 2.45) is 0 Å². The van der Waals surface area contributed by atoms with Gasteiger partial charge in [-0.25, -0.2) is 0 Å². The highest BCUT2D eigenvalue weighted by atomic mass is 32.1. The molecule has 0 heterocycles. The third-order valence-corrected chi connectivity index (χ3v) is 1.12. The summed E-state index contributed by atoms with van der Waals surface area (Å²) < 4.78 is 4.99. The van der Waals surface area contributed by atoms with E-state index in [-0.39, 0.29) is 7.43 Å². The zero-order valence-electron chi connectivity index (χ0n) is 4.26. The highest BCUT2D eigenvalue weighted by molar-refractivity contribution is 7.80. The van der Waals surface area contributed by atoms with Gasteiger partial charge in [-0.3, -0.25) is 0 Å². The Hall–Kier alpha value is 0.740. The molecule has 0 spiro atoms. The Kier molecular flexibility index (Phi) is 15.4. The number of hydrogen-bond donors (Lipinski definition) is 1. The summed E-state index contributed by atoms with van der Waals surface area (Å²) in [5.74, 6) is 0.921. The van der Waals surface area contributed by atoms with Crippen LogP contribution in [0, 0.1) is 0 Å². The Bertz CT molecular complexity index is 31.6. The van der Waals surface area contributed by atoms with Crippen LogP contribution in [0.5, 0.6) is 0 Å². The van der Waals surface area contributed by atoms with Gasteiger partial charge in [0.1, 0.15) is 0 Å². The largest absolute Gasteiger partial charge is 0.377 e. The van der Waals surface area contributed by atoms with Gasteiger partial charge in [0.15, 0.2) is 0 Å². The summed E-state index contributed by atoms with van der Waals surface area (Å²) in [6.07, 6.45) is 1.80. The number of hydrogen-bond acceptors (Lipinski definition) is 2. The van der Waals surface area contributed by atoms with Crippen LogP contribution >= 0.6 is 21.9 Å². The normalized spacial score (nSPS) is 8.25. The zero-order chi connectivity index (χ0) is 5.54. The molecule has 0 amide bonds. The number of rotatable bonds is 4. The molecule has 0 saturated carbocycles. The van der Waals surface area contributed by atoms with Crippen LogP contribution in [-0.2, 0) is 4.74 Å². The van der Waals surface area contributed by atoms with Gasteiger partial charge in [0, 0.05) is 6.61 Å². The molecule has 0 aromatic carbocycles. The summed E-state index contributed by atoms with van der Waals surface area (Å²) in [6.45, 7) is 0.840. The van der Waals surface area contributed by atoms with E-state index in [9.17, 15) is 0 Å². The van der Waals surface area contributed by atoms with Gasteiger partial charge >= 0.3 is 0 Å². The average molecular weight is 154 g/mol. The monoisotopic (exact) mass is 154 g/mol. The lowest BCUT2D eigenvalue weighted by molar-refractivity contribution is 0.184. The van der Waals surface area contributed by atoms with Gasteiger partial charge in [-0.2, -0.15) is 12.6 Å². The molecule has 3 heteroatoms. The maximum Gasteiger partial charge on any atom is 0.0602 e. The first-order valence-corrected chi connectivity index (χ1v) is 3.75. The molecular weight excluding hydrogens is 139 g/mol. The first-order valence-electron chi connectivity index (χ1n) is 2.30. The van der Waals surface area contributed by atoms with E-state index in [0.29, 0.717) is 0 Å². The van der Waals surface area contributed by atoms with Crippen molar-refractivity contribution in [3.05, 3.63) is 0 Å². The van der Waals surface area contributed by atoms with Crippen LogP contribution in [0.2, 0.25) is 0 Å². The molecular formula is C5H15OPS. The van der Waals surface area contributed by atoms with Crippen molar-refractivity contribution in [3.8, 4) is 0 Å². The quantitative estimate of drug-likeness (QED) is 0.369. The van der Waals surface area contributed by atoms with Crippen LogP contribution in [0.25, 0.3) is 0 Å². The third kappa shape index (κ3) is 9.88. The molecule has 0 aromatic heterocycles. The van der Waals surface area contributed by atoms with Crippen molar-refractivity contribution in [1.29, 1.82) is 0 Å². The third-order valence-electron chi connectivity index (χ3n) is 0.565. The molecule has 1 nitrogen and oxygen atoms in total. The van der Waals surface area contributed by atoms with Gasteiger partial charge in [0.05, 0.1) is 6.35 Å². The lowest BCUT2D eigenvalue weighted by atomic mass is 10.5. The first-order chi connectivity index (χ1) is 3.41. The molecule has 0 radical (unpaired) electrons. The van der Waals surface area contributed by atoms with Crippen molar-refractivity contribution >= 4 is 21.9 Å². The standard InChI is InChI=1S/C4H11OPS.CH4/c6-4-5-2-1-3-7;/h7H,1-4,6H2;1H4. The maximum atomic E-state index is 4.99. The van der Waals surface area contributed by atoms with Gasteiger partial charge < -0.3 is 4.74 Å². The molecule has 0 N–H and O–H groups in total. The van der Waals surface area contributed by atoms with E-state index in [1.165, 1.54) is 0 Å². The smallest absolute Gasteiger partial charge is 0.0602 e. The van der Waals surface area contributed by atoms with E-state index < -0.39 is 0 Å². The molecule has 0 fully saturated rings. The van der Waals surface area contributed by atoms with Crippen molar-refractivity contribution in [1.82, 2.24) is 0 Å². The topological polar surface area (TPSA) is 9.23 Å². The van der Waals surface area contributed by atoms with Crippen LogP contribution in [0.15, 0.2) is 0 Å². The summed E-state index contributed by atoms with van der Waals surface area (Å²) in [6, 6.07) is 0. The van der Waals surface area contributed by atoms with Gasteiger partial charge in [-0.1, -0.05) is 7.43 Å². The van der Waals surface area contributed by atoms with Gasteiger partial charge in [0.2, 0.25) is 0 Å². The molecule has 1 atom stereocenters. The SMILES string of the molecule is C.PCOCCCS. The molecule has 52 valence electrons. The minimum absolute atomic E-state index is 0. The Morgan fingerprint density at radius 2 is 2.12 bits per heavy atom. The average Bonchev–Trinajstić information content (AvgIpc) is 1.69. The summed E-state index contributed by atoms with van der Waals surface area (Å²) >= 11 is 4.01. The minimum atomic E-state index is 0. The number of thiol groups is 1. The number of ether oxygens (including phenoxy) is 1. The van der Waals surface area contributed by atoms with Crippen molar-refractivity contribution < 1.29 is 4.74 Å². The predicted molar refractivity (Wildman–Crippen MR) is 45.7 cm³/mol. The Labute approximate surface area is 59.8 Å². The summed E-state index contributed by atoms with van der Waals surface area (Å²) in [7, 11) is 2.50. The molecule has 1 unspecified atom stereocenters. The Morgan fingerprint density at radius 3 is 2.50 bits per heavy atom. The predicted octanol–water partition coefficient (Wildman–Crippen LogP) is 1.79. The maximum absolute atomic E-state index is 4.99. The van der Waals surface area contributed by atoms with E-state index >= 15 is 0 Å². The summed E-state index contributed by atoms with van der Waals surface area (Å²) in [4.78, 5) is 0. The highest BCUT2D eigenvalue weighted by Gasteiger charge is 1.79. The second-order valence-corrected chi connectivity index (χ2v) is 1.93. The Morgan fingerprint density at radius 1 is 1.50 bits per heavy atom. The highest BCUT2D eigenvalue weighted by Crippen LogP contribution is 1.87. The molecule has 8 heavy (non-hydrogen) atoms. The second-order valence-electron chi connectivity index (χ2n) is 1.15. The molecule has 0 rings (SSSR count). The molecule has 0 bridgehead atoms. The molecule has 0 aliphatic rings. The van der Waals surface area contributed by atoms with Crippen LogP contribution in [0.3, 0.4) is 0 Å². The van der Waals surface area contributed by atoms with Gasteiger partial charge in [-0.05, 0) is 12.2 Å². The fraction of sp³-hybridized carbons (Fsp3) is 1.00. The van der Waals surface area contributed by atoms with E-state index in [0.717, 1.165) is 25.1 Å². The van der Waals surface area contributed by atoms with Gasteiger partial charge in [0.25, 0.3) is 0 Å². The van der Waals surface area contributed by atoms with E-state index in [2.05, 4.69) is 21.9 Å². The molecule has 0 aromatic rings. The Balaban J connectivity index is 0. The molecule has 0 saturated heterocycles. The van der Waals surface area contributed by atoms with Crippen LogP contribution in [-0.4, -0.2) is 18.7 Å². The minimum Gasteiger partial charge on any atom is -0.377 e. The van der Waals surface area contributed by atoms with Crippen molar-refractivity contribution in [3.63, 3.8) is 0 Å². The van der Waals surface area contributed by atoms with E-state index in [1.807, 2.05) is 0 Å². The first kappa shape index (κ1) is 11.5. The van der Waals surface area contributed by atoms with E-state index in [4.69, 9.17) is 4.74 Å². The van der Waals surface area contributed by atoms with Crippen molar-refractivity contribution in [2.45, 2.75) is 13.8 Å². The fourth-order valence-electron chi connectivity index (χ4n) is 0.250. The summed E-state index contributed by atoms with van der Waals surface area (Å²) in [5.41, 5.74) is 0. The van der Waals surface area contributed by atoms with E-state index in [1.54, 1.807) is 0 Å².